The largest absolute Gasteiger partial charge is 0.378 e. The molecule has 23 heavy (non-hydrogen) atoms. The van der Waals surface area contributed by atoms with Crippen molar-refractivity contribution in [3.8, 4) is 0 Å². The van der Waals surface area contributed by atoms with Gasteiger partial charge in [-0.3, -0.25) is 9.59 Å². The quantitative estimate of drug-likeness (QED) is 0.859. The number of ether oxygens (including phenoxy) is 1. The Labute approximate surface area is 137 Å². The Balaban J connectivity index is 1.89. The zero-order valence-electron chi connectivity index (χ0n) is 13.9. The zero-order chi connectivity index (χ0) is 16.7. The van der Waals surface area contributed by atoms with Gasteiger partial charge in [0.15, 0.2) is 0 Å². The molecule has 0 unspecified atom stereocenters. The lowest BCUT2D eigenvalue weighted by molar-refractivity contribution is -0.133. The van der Waals surface area contributed by atoms with Crippen LogP contribution in [0.1, 0.15) is 19.4 Å². The molecule has 0 bridgehead atoms. The summed E-state index contributed by atoms with van der Waals surface area (Å²) < 4.78 is 5.25. The number of morpholine rings is 1. The van der Waals surface area contributed by atoms with Crippen molar-refractivity contribution in [3.63, 3.8) is 0 Å². The summed E-state index contributed by atoms with van der Waals surface area (Å²) in [6.07, 6.45) is 0. The van der Waals surface area contributed by atoms with Crippen molar-refractivity contribution in [2.45, 2.75) is 20.4 Å². The molecule has 0 aromatic heterocycles. The fourth-order valence-corrected chi connectivity index (χ4v) is 2.55. The molecule has 1 heterocycles. The van der Waals surface area contributed by atoms with E-state index in [9.17, 15) is 9.59 Å². The molecule has 6 nitrogen and oxygen atoms in total. The molecule has 1 fully saturated rings. The molecule has 6 heteroatoms. The molecular weight excluding hydrogens is 294 g/mol. The first kappa shape index (κ1) is 17.3. The van der Waals surface area contributed by atoms with E-state index >= 15 is 0 Å². The van der Waals surface area contributed by atoms with Gasteiger partial charge in [-0.25, -0.2) is 0 Å². The normalized spacial score (nSPS) is 14.4. The van der Waals surface area contributed by atoms with Crippen LogP contribution in [0.3, 0.4) is 0 Å². The predicted octanol–water partition coefficient (Wildman–Crippen LogP) is 1.33. The highest BCUT2D eigenvalue weighted by Gasteiger charge is 2.16. The summed E-state index contributed by atoms with van der Waals surface area (Å²) in [6.45, 7) is 7.61. The predicted molar refractivity (Wildman–Crippen MR) is 89.1 cm³/mol. The lowest BCUT2D eigenvalue weighted by Gasteiger charge is -2.27. The van der Waals surface area contributed by atoms with Crippen LogP contribution in [0, 0.1) is 0 Å². The molecule has 1 aromatic rings. The average molecular weight is 319 g/mol. The van der Waals surface area contributed by atoms with Crippen LogP contribution in [0.25, 0.3) is 0 Å². The Hall–Kier alpha value is -2.08. The summed E-state index contributed by atoms with van der Waals surface area (Å²) in [4.78, 5) is 27.2. The Morgan fingerprint density at radius 2 is 2.04 bits per heavy atom. The van der Waals surface area contributed by atoms with Gasteiger partial charge >= 0.3 is 0 Å². The fraction of sp³-hybridized carbons (Fsp3) is 0.529. The van der Waals surface area contributed by atoms with Crippen molar-refractivity contribution in [1.82, 2.24) is 9.80 Å². The number of carbonyl (C=O) groups is 2. The Bertz CT molecular complexity index is 542. The van der Waals surface area contributed by atoms with Gasteiger partial charge in [0.25, 0.3) is 0 Å². The standard InChI is InChI=1S/C17H25N3O3/c1-3-19(14(2)21)13-15-5-4-6-16(11-15)18-12-17(22)20-7-9-23-10-8-20/h4-6,11,18H,3,7-10,12-13H2,1-2H3. The summed E-state index contributed by atoms with van der Waals surface area (Å²) in [5, 5.41) is 3.17. The smallest absolute Gasteiger partial charge is 0.242 e. The van der Waals surface area contributed by atoms with Crippen molar-refractivity contribution < 1.29 is 14.3 Å². The van der Waals surface area contributed by atoms with E-state index in [0.717, 1.165) is 11.3 Å². The highest BCUT2D eigenvalue weighted by molar-refractivity contribution is 5.81. The first-order valence-corrected chi connectivity index (χ1v) is 8.04. The molecule has 0 radical (unpaired) electrons. The van der Waals surface area contributed by atoms with Gasteiger partial charge in [-0.2, -0.15) is 0 Å². The average Bonchev–Trinajstić information content (AvgIpc) is 2.58. The Kier molecular flexibility index (Phi) is 6.40. The van der Waals surface area contributed by atoms with Gasteiger partial charge in [-0.15, -0.1) is 0 Å². The number of hydrogen-bond acceptors (Lipinski definition) is 4. The van der Waals surface area contributed by atoms with Crippen LogP contribution in [-0.2, 0) is 20.9 Å². The monoisotopic (exact) mass is 319 g/mol. The summed E-state index contributed by atoms with van der Waals surface area (Å²) in [7, 11) is 0. The molecule has 1 N–H and O–H groups in total. The van der Waals surface area contributed by atoms with Crippen LogP contribution < -0.4 is 5.32 Å². The van der Waals surface area contributed by atoms with Crippen LogP contribution in [0.4, 0.5) is 5.69 Å². The number of anilines is 1. The van der Waals surface area contributed by atoms with Gasteiger partial charge in [0.2, 0.25) is 11.8 Å². The summed E-state index contributed by atoms with van der Waals surface area (Å²) in [6, 6.07) is 7.84. The van der Waals surface area contributed by atoms with Crippen LogP contribution in [0.5, 0.6) is 0 Å². The van der Waals surface area contributed by atoms with E-state index in [4.69, 9.17) is 4.74 Å². The Morgan fingerprint density at radius 1 is 1.30 bits per heavy atom. The lowest BCUT2D eigenvalue weighted by atomic mass is 10.2. The molecular formula is C17H25N3O3. The summed E-state index contributed by atoms with van der Waals surface area (Å²) in [5.74, 6) is 0.144. The molecule has 2 amide bonds. The second-order valence-corrected chi connectivity index (χ2v) is 5.58. The van der Waals surface area contributed by atoms with Gasteiger partial charge in [0, 0.05) is 38.8 Å². The van der Waals surface area contributed by atoms with Crippen molar-refractivity contribution in [2.75, 3.05) is 44.7 Å². The number of carbonyl (C=O) groups excluding carboxylic acids is 2. The summed E-state index contributed by atoms with van der Waals surface area (Å²) in [5.41, 5.74) is 1.94. The van der Waals surface area contributed by atoms with E-state index in [-0.39, 0.29) is 18.4 Å². The molecule has 0 saturated carbocycles. The van der Waals surface area contributed by atoms with E-state index in [1.54, 1.807) is 11.8 Å². The van der Waals surface area contributed by atoms with Gasteiger partial charge in [0.05, 0.1) is 19.8 Å². The molecule has 1 aliphatic heterocycles. The van der Waals surface area contributed by atoms with Crippen LogP contribution >= 0.6 is 0 Å². The fourth-order valence-electron chi connectivity index (χ4n) is 2.55. The van der Waals surface area contributed by atoms with Gasteiger partial charge < -0.3 is 19.9 Å². The molecule has 0 aliphatic carbocycles. The molecule has 1 aromatic carbocycles. The van der Waals surface area contributed by atoms with Crippen LogP contribution in [0.15, 0.2) is 24.3 Å². The van der Waals surface area contributed by atoms with Gasteiger partial charge in [0.1, 0.15) is 0 Å². The molecule has 1 saturated heterocycles. The van der Waals surface area contributed by atoms with E-state index in [2.05, 4.69) is 5.32 Å². The van der Waals surface area contributed by atoms with Gasteiger partial charge in [-0.05, 0) is 24.6 Å². The minimum absolute atomic E-state index is 0.0633. The maximum atomic E-state index is 12.1. The van der Waals surface area contributed by atoms with E-state index in [1.165, 1.54) is 0 Å². The van der Waals surface area contributed by atoms with Crippen molar-refractivity contribution in [2.24, 2.45) is 0 Å². The number of rotatable bonds is 6. The van der Waals surface area contributed by atoms with E-state index < -0.39 is 0 Å². The molecule has 1 aliphatic rings. The third-order valence-corrected chi connectivity index (χ3v) is 3.93. The number of hydrogen-bond donors (Lipinski definition) is 1. The molecule has 126 valence electrons. The molecule has 0 atom stereocenters. The topological polar surface area (TPSA) is 61.9 Å². The third kappa shape index (κ3) is 5.25. The van der Waals surface area contributed by atoms with Crippen molar-refractivity contribution in [3.05, 3.63) is 29.8 Å². The number of nitrogens with one attached hydrogen (secondary N) is 1. The molecule has 0 spiro atoms. The maximum absolute atomic E-state index is 12.1. The van der Waals surface area contributed by atoms with Gasteiger partial charge in [-0.1, -0.05) is 12.1 Å². The molecule has 2 rings (SSSR count). The maximum Gasteiger partial charge on any atom is 0.242 e. The highest BCUT2D eigenvalue weighted by Crippen LogP contribution is 2.13. The number of amides is 2. The lowest BCUT2D eigenvalue weighted by Crippen LogP contribution is -2.43. The van der Waals surface area contributed by atoms with Crippen molar-refractivity contribution in [1.29, 1.82) is 0 Å². The summed E-state index contributed by atoms with van der Waals surface area (Å²) >= 11 is 0. The van der Waals surface area contributed by atoms with E-state index in [1.807, 2.05) is 36.1 Å². The second-order valence-electron chi connectivity index (χ2n) is 5.58. The number of nitrogens with zero attached hydrogens (tertiary/aromatic N) is 2. The third-order valence-electron chi connectivity index (χ3n) is 3.93. The number of benzene rings is 1. The van der Waals surface area contributed by atoms with E-state index in [0.29, 0.717) is 39.4 Å². The second kappa shape index (κ2) is 8.53. The minimum Gasteiger partial charge on any atom is -0.378 e. The first-order chi connectivity index (χ1) is 11.1. The first-order valence-electron chi connectivity index (χ1n) is 8.04. The van der Waals surface area contributed by atoms with Crippen molar-refractivity contribution >= 4 is 17.5 Å². The SMILES string of the molecule is CCN(Cc1cccc(NCC(=O)N2CCOCC2)c1)C(C)=O. The zero-order valence-corrected chi connectivity index (χ0v) is 13.9. The van der Waals surface area contributed by atoms with Crippen LogP contribution in [0.2, 0.25) is 0 Å². The minimum atomic E-state index is 0.0633. The van der Waals surface area contributed by atoms with Crippen LogP contribution in [-0.4, -0.2) is 61.0 Å². The Morgan fingerprint density at radius 3 is 2.70 bits per heavy atom. The highest BCUT2D eigenvalue weighted by atomic mass is 16.5.